The average Bonchev–Trinajstić information content (AvgIpc) is 3.41. The predicted molar refractivity (Wildman–Crippen MR) is 191 cm³/mol. The van der Waals surface area contributed by atoms with Crippen LogP contribution in [0.4, 0.5) is 44.1 Å². The number of halogens is 5. The highest BCUT2D eigenvalue weighted by Crippen LogP contribution is 2.46. The van der Waals surface area contributed by atoms with Crippen LogP contribution in [-0.2, 0) is 4.79 Å². The van der Waals surface area contributed by atoms with Gasteiger partial charge in [0.25, 0.3) is 17.7 Å². The Morgan fingerprint density at radius 3 is 1.59 bits per heavy atom. The lowest BCUT2D eigenvalue weighted by molar-refractivity contribution is -0.123. The van der Waals surface area contributed by atoms with E-state index in [0.29, 0.717) is 11.1 Å². The van der Waals surface area contributed by atoms with E-state index in [-0.39, 0.29) is 45.1 Å². The maximum absolute atomic E-state index is 14.8. The molecule has 0 bridgehead atoms. The van der Waals surface area contributed by atoms with E-state index in [2.05, 4.69) is 25.9 Å². The lowest BCUT2D eigenvalue weighted by Gasteiger charge is -2.39. The zero-order valence-electron chi connectivity index (χ0n) is 28.3. The molecule has 0 aliphatic carbocycles. The van der Waals surface area contributed by atoms with Gasteiger partial charge in [-0.25, -0.2) is 28.4 Å². The van der Waals surface area contributed by atoms with Gasteiger partial charge in [-0.2, -0.15) is 13.2 Å². The molecule has 2 unspecified atom stereocenters. The Hall–Kier alpha value is -6.16. The van der Waals surface area contributed by atoms with Gasteiger partial charge in [0.05, 0.1) is 5.69 Å². The molecule has 5 aromatic rings. The molecule has 5 amide bonds. The van der Waals surface area contributed by atoms with E-state index < -0.39 is 58.3 Å². The number of nitrogens with one attached hydrogen (secondary N) is 3. The number of anilines is 3. The largest absolute Gasteiger partial charge is 0.446 e. The number of pyridine rings is 2. The van der Waals surface area contributed by atoms with Crippen molar-refractivity contribution in [1.82, 2.24) is 15.3 Å². The van der Waals surface area contributed by atoms with E-state index in [1.165, 1.54) is 60.9 Å². The van der Waals surface area contributed by atoms with Gasteiger partial charge in [0, 0.05) is 40.3 Å². The molecule has 2 aromatic heterocycles. The van der Waals surface area contributed by atoms with E-state index >= 15 is 0 Å². The molecular formula is C38H29F5N6O4S. The van der Waals surface area contributed by atoms with Gasteiger partial charge in [-0.15, -0.1) is 0 Å². The van der Waals surface area contributed by atoms with Gasteiger partial charge in [0.1, 0.15) is 28.8 Å². The number of urea groups is 1. The quantitative estimate of drug-likeness (QED) is 0.0742. The smallest absolute Gasteiger partial charge is 0.322 e. The number of carbonyl (C=O) groups is 4. The summed E-state index contributed by atoms with van der Waals surface area (Å²) in [6.45, 7) is 3.36. The fraction of sp³-hybridized carbons (Fsp3) is 0.158. The minimum atomic E-state index is -4.55. The van der Waals surface area contributed by atoms with Gasteiger partial charge in [0.15, 0.2) is 0 Å². The van der Waals surface area contributed by atoms with Gasteiger partial charge >= 0.3 is 11.5 Å². The van der Waals surface area contributed by atoms with Gasteiger partial charge in [0.2, 0.25) is 0 Å². The lowest BCUT2D eigenvalue weighted by atomic mass is 9.70. The second kappa shape index (κ2) is 15.1. The van der Waals surface area contributed by atoms with Crippen LogP contribution in [0.1, 0.15) is 57.5 Å². The molecule has 16 heteroatoms. The number of rotatable bonds is 10. The highest BCUT2D eigenvalue weighted by molar-refractivity contribution is 8.00. The molecule has 1 fully saturated rings. The first-order valence-corrected chi connectivity index (χ1v) is 17.0. The molecule has 54 heavy (non-hydrogen) atoms. The lowest BCUT2D eigenvalue weighted by Crippen LogP contribution is -2.55. The van der Waals surface area contributed by atoms with Gasteiger partial charge in [-0.1, -0.05) is 13.8 Å². The van der Waals surface area contributed by atoms with Gasteiger partial charge < -0.3 is 16.0 Å². The number of aromatic nitrogens is 2. The topological polar surface area (TPSA) is 133 Å². The van der Waals surface area contributed by atoms with E-state index in [9.17, 15) is 41.1 Å². The van der Waals surface area contributed by atoms with Crippen LogP contribution in [0.5, 0.6) is 0 Å². The molecule has 1 aliphatic rings. The van der Waals surface area contributed by atoms with Crippen molar-refractivity contribution >= 4 is 52.8 Å². The monoisotopic (exact) mass is 760 g/mol. The second-order valence-electron chi connectivity index (χ2n) is 12.3. The van der Waals surface area contributed by atoms with Crippen LogP contribution in [0.25, 0.3) is 0 Å². The van der Waals surface area contributed by atoms with E-state index in [0.717, 1.165) is 41.3 Å². The van der Waals surface area contributed by atoms with Crippen LogP contribution < -0.4 is 20.9 Å². The summed E-state index contributed by atoms with van der Waals surface area (Å²) in [7, 11) is 0. The summed E-state index contributed by atoms with van der Waals surface area (Å²) in [4.78, 5) is 63.5. The number of imide groups is 1. The van der Waals surface area contributed by atoms with Crippen molar-refractivity contribution in [2.45, 2.75) is 41.6 Å². The zero-order valence-corrected chi connectivity index (χ0v) is 29.1. The number of alkyl halides is 3. The molecule has 1 saturated heterocycles. The maximum atomic E-state index is 14.8. The third kappa shape index (κ3) is 7.93. The molecule has 0 saturated carbocycles. The number of amides is 5. The number of hydrogen-bond donors (Lipinski definition) is 3. The Balaban J connectivity index is 1.36. The van der Waals surface area contributed by atoms with Crippen molar-refractivity contribution in [2.24, 2.45) is 0 Å². The highest BCUT2D eigenvalue weighted by atomic mass is 32.2. The normalized spacial score (nSPS) is 16.8. The Morgan fingerprint density at radius 2 is 1.17 bits per heavy atom. The zero-order chi connectivity index (χ0) is 38.8. The molecule has 1 aliphatic heterocycles. The van der Waals surface area contributed by atoms with Crippen molar-refractivity contribution in [3.8, 4) is 0 Å². The minimum absolute atomic E-state index is 0.0225. The van der Waals surface area contributed by atoms with Crippen molar-refractivity contribution in [3.05, 3.63) is 143 Å². The van der Waals surface area contributed by atoms with E-state index in [1.807, 2.05) is 0 Å². The summed E-state index contributed by atoms with van der Waals surface area (Å²) in [5, 5.41) is 8.16. The fourth-order valence-corrected chi connectivity index (χ4v) is 6.77. The molecule has 6 rings (SSSR count). The van der Waals surface area contributed by atoms with Crippen LogP contribution in [0, 0.1) is 11.6 Å². The highest BCUT2D eigenvalue weighted by Gasteiger charge is 2.58. The van der Waals surface area contributed by atoms with Crippen LogP contribution in [0.3, 0.4) is 0 Å². The first-order valence-electron chi connectivity index (χ1n) is 16.2. The number of carbonyl (C=O) groups excluding carboxylic acids is 4. The summed E-state index contributed by atoms with van der Waals surface area (Å²) in [6.07, 6.45) is 2.80. The van der Waals surface area contributed by atoms with Crippen LogP contribution in [0.2, 0.25) is 0 Å². The molecular weight excluding hydrogens is 732 g/mol. The third-order valence-electron chi connectivity index (χ3n) is 9.03. The fourth-order valence-electron chi connectivity index (χ4n) is 6.23. The van der Waals surface area contributed by atoms with Crippen molar-refractivity contribution in [1.29, 1.82) is 0 Å². The summed E-state index contributed by atoms with van der Waals surface area (Å²) >= 11 is -0.342. The number of hydrogen-bond acceptors (Lipinski definition) is 7. The summed E-state index contributed by atoms with van der Waals surface area (Å²) in [6, 6.07) is 19.9. The second-order valence-corrected chi connectivity index (χ2v) is 13.4. The Labute approximate surface area is 309 Å². The van der Waals surface area contributed by atoms with Gasteiger partial charge in [-0.3, -0.25) is 14.4 Å². The van der Waals surface area contributed by atoms with Crippen molar-refractivity contribution in [2.75, 3.05) is 15.5 Å². The number of benzene rings is 3. The van der Waals surface area contributed by atoms with Crippen LogP contribution in [-0.4, -0.2) is 44.8 Å². The molecule has 0 spiro atoms. The summed E-state index contributed by atoms with van der Waals surface area (Å²) in [5.41, 5.74) is -5.06. The van der Waals surface area contributed by atoms with Crippen LogP contribution in [0.15, 0.2) is 114 Å². The molecule has 10 nitrogen and oxygen atoms in total. The van der Waals surface area contributed by atoms with Gasteiger partial charge in [-0.05, 0) is 120 Å². The Bertz CT molecular complexity index is 2110. The van der Waals surface area contributed by atoms with Crippen molar-refractivity contribution in [3.63, 3.8) is 0 Å². The first-order chi connectivity index (χ1) is 25.6. The summed E-state index contributed by atoms with van der Waals surface area (Å²) in [5.74, 6) is -4.46. The molecule has 0 radical (unpaired) electrons. The Kier molecular flexibility index (Phi) is 10.5. The van der Waals surface area contributed by atoms with E-state index in [1.54, 1.807) is 26.0 Å². The molecule has 276 valence electrons. The average molecular weight is 761 g/mol. The first kappa shape index (κ1) is 37.6. The SMILES string of the molecule is CC(c1ccnc(NC(=O)c2ccc(F)cc2)c1)C1(C(C)c2ccnc(NC(=O)c3ccc(F)cc3)c2)NC(=O)N(c2ccc(SC(F)(F)F)cc2)C1=O. The standard InChI is InChI=1S/C38H29F5N6O4S/c1-21(25-15-17-44-31(19-25)46-33(50)23-3-7-27(39)8-4-23)37(35(52)49(36(53)48-37)29-11-13-30(14-12-29)54-38(41,42)43)22(2)26-16-18-45-32(20-26)47-34(51)24-5-9-28(40)10-6-24/h3-22H,1-2H3,(H,48,53)(H,44,46,50)(H,45,47,51). The third-order valence-corrected chi connectivity index (χ3v) is 9.77. The summed E-state index contributed by atoms with van der Waals surface area (Å²) < 4.78 is 65.9. The predicted octanol–water partition coefficient (Wildman–Crippen LogP) is 8.27. The molecule has 3 aromatic carbocycles. The van der Waals surface area contributed by atoms with Crippen molar-refractivity contribution < 1.29 is 41.1 Å². The Morgan fingerprint density at radius 1 is 0.722 bits per heavy atom. The molecule has 3 heterocycles. The minimum Gasteiger partial charge on any atom is -0.322 e. The van der Waals surface area contributed by atoms with Crippen LogP contribution >= 0.6 is 11.8 Å². The number of thioether (sulfide) groups is 1. The number of nitrogens with zero attached hydrogens (tertiary/aromatic N) is 3. The molecule has 2 atom stereocenters. The maximum Gasteiger partial charge on any atom is 0.446 e. The van der Waals surface area contributed by atoms with E-state index in [4.69, 9.17) is 0 Å². The molecule has 3 N–H and O–H groups in total.